The summed E-state index contributed by atoms with van der Waals surface area (Å²) in [5.74, 6) is 1.70. The van der Waals surface area contributed by atoms with Crippen molar-refractivity contribution in [1.29, 1.82) is 0 Å². The molecule has 2 rings (SSSR count). The Labute approximate surface area is 119 Å². The van der Waals surface area contributed by atoms with Crippen molar-refractivity contribution in [3.05, 3.63) is 29.8 Å². The van der Waals surface area contributed by atoms with Gasteiger partial charge in [-0.15, -0.1) is 0 Å². The number of aromatic nitrogens is 4. The van der Waals surface area contributed by atoms with Gasteiger partial charge >= 0.3 is 0 Å². The maximum Gasteiger partial charge on any atom is 0.131 e. The number of nitrogens with zero attached hydrogens (tertiary/aromatic N) is 4. The predicted molar refractivity (Wildman–Crippen MR) is 81.0 cm³/mol. The molecule has 0 unspecified atom stereocenters. The molecule has 0 aromatic carbocycles. The lowest BCUT2D eigenvalue weighted by Crippen LogP contribution is -2.10. The van der Waals surface area contributed by atoms with Gasteiger partial charge in [0.25, 0.3) is 0 Å². The highest BCUT2D eigenvalue weighted by Crippen LogP contribution is 2.08. The quantitative estimate of drug-likeness (QED) is 0.758. The van der Waals surface area contributed by atoms with Gasteiger partial charge in [-0.25, -0.2) is 9.97 Å². The molecule has 0 aliphatic rings. The van der Waals surface area contributed by atoms with Gasteiger partial charge in [0.1, 0.15) is 18.0 Å². The fourth-order valence-electron chi connectivity index (χ4n) is 2.08. The normalized spacial score (nSPS) is 10.6. The van der Waals surface area contributed by atoms with E-state index in [-0.39, 0.29) is 0 Å². The van der Waals surface area contributed by atoms with Crippen LogP contribution in [0.15, 0.2) is 18.5 Å². The highest BCUT2D eigenvalue weighted by Gasteiger charge is 2.01. The van der Waals surface area contributed by atoms with E-state index in [1.165, 1.54) is 5.69 Å². The second kappa shape index (κ2) is 6.88. The Kier molecular flexibility index (Phi) is 4.92. The zero-order valence-corrected chi connectivity index (χ0v) is 12.3. The third kappa shape index (κ3) is 3.94. The van der Waals surface area contributed by atoms with E-state index >= 15 is 0 Å². The topological polar surface area (TPSA) is 67.7 Å². The van der Waals surface area contributed by atoms with E-state index in [0.717, 1.165) is 43.4 Å². The molecule has 0 aliphatic carbocycles. The number of hydrogen-bond acceptors (Lipinski definition) is 5. The highest BCUT2D eigenvalue weighted by molar-refractivity contribution is 5.46. The molecule has 0 bridgehead atoms. The van der Waals surface area contributed by atoms with Crippen molar-refractivity contribution in [1.82, 2.24) is 19.7 Å². The molecule has 6 heteroatoms. The molecule has 2 aromatic rings. The fraction of sp³-hybridized carbons (Fsp3) is 0.500. The van der Waals surface area contributed by atoms with E-state index in [4.69, 9.17) is 0 Å². The van der Waals surface area contributed by atoms with Crippen molar-refractivity contribution >= 4 is 11.6 Å². The molecule has 2 heterocycles. The van der Waals surface area contributed by atoms with Crippen LogP contribution in [0.3, 0.4) is 0 Å². The SMILES string of the molecule is CCNc1cc(NCCCn2nc(C)cc2C)ncn1. The first-order chi connectivity index (χ1) is 9.69. The maximum atomic E-state index is 4.45. The Balaban J connectivity index is 1.78. The standard InChI is InChI=1S/C14H22N6/c1-4-15-13-9-14(18-10-17-13)16-6-5-7-20-12(3)8-11(2)19-20/h8-10H,4-7H2,1-3H3,(H2,15,16,17,18). The summed E-state index contributed by atoms with van der Waals surface area (Å²) in [6.45, 7) is 8.78. The van der Waals surface area contributed by atoms with Crippen LogP contribution in [0, 0.1) is 13.8 Å². The third-order valence-corrected chi connectivity index (χ3v) is 2.98. The summed E-state index contributed by atoms with van der Waals surface area (Å²) in [4.78, 5) is 8.35. The van der Waals surface area contributed by atoms with Crippen molar-refractivity contribution in [3.63, 3.8) is 0 Å². The number of rotatable bonds is 7. The van der Waals surface area contributed by atoms with Crippen LogP contribution in [0.5, 0.6) is 0 Å². The molecule has 20 heavy (non-hydrogen) atoms. The van der Waals surface area contributed by atoms with Gasteiger partial charge in [-0.2, -0.15) is 5.10 Å². The lowest BCUT2D eigenvalue weighted by atomic mass is 10.4. The minimum absolute atomic E-state index is 0.851. The molecule has 0 fully saturated rings. The lowest BCUT2D eigenvalue weighted by Gasteiger charge is -2.08. The van der Waals surface area contributed by atoms with Crippen molar-refractivity contribution < 1.29 is 0 Å². The van der Waals surface area contributed by atoms with Crippen molar-refractivity contribution in [2.24, 2.45) is 0 Å². The number of hydrogen-bond donors (Lipinski definition) is 2. The molecule has 0 amide bonds. The highest BCUT2D eigenvalue weighted by atomic mass is 15.3. The largest absolute Gasteiger partial charge is 0.370 e. The van der Waals surface area contributed by atoms with Crippen molar-refractivity contribution in [3.8, 4) is 0 Å². The molecule has 0 radical (unpaired) electrons. The van der Waals surface area contributed by atoms with Gasteiger partial charge in [0.2, 0.25) is 0 Å². The van der Waals surface area contributed by atoms with Crippen LogP contribution in [-0.2, 0) is 6.54 Å². The Morgan fingerprint density at radius 3 is 2.50 bits per heavy atom. The summed E-state index contributed by atoms with van der Waals surface area (Å²) in [6, 6.07) is 4.02. The molecule has 0 aliphatic heterocycles. The molecule has 2 N–H and O–H groups in total. The van der Waals surface area contributed by atoms with Gasteiger partial charge in [-0.1, -0.05) is 0 Å². The van der Waals surface area contributed by atoms with Gasteiger partial charge in [0.05, 0.1) is 5.69 Å². The zero-order valence-electron chi connectivity index (χ0n) is 12.3. The molecule has 0 spiro atoms. The number of aryl methyl sites for hydroxylation is 3. The van der Waals surface area contributed by atoms with Crippen LogP contribution in [0.4, 0.5) is 11.6 Å². The average Bonchev–Trinajstić information content (AvgIpc) is 2.74. The summed E-state index contributed by atoms with van der Waals surface area (Å²) in [7, 11) is 0. The van der Waals surface area contributed by atoms with E-state index < -0.39 is 0 Å². The summed E-state index contributed by atoms with van der Waals surface area (Å²) in [5.41, 5.74) is 2.28. The Hall–Kier alpha value is -2.11. The van der Waals surface area contributed by atoms with E-state index in [1.54, 1.807) is 6.33 Å². The van der Waals surface area contributed by atoms with Crippen LogP contribution in [0.25, 0.3) is 0 Å². The van der Waals surface area contributed by atoms with Gasteiger partial charge < -0.3 is 10.6 Å². The van der Waals surface area contributed by atoms with E-state index in [9.17, 15) is 0 Å². The Morgan fingerprint density at radius 1 is 1.10 bits per heavy atom. The molecular weight excluding hydrogens is 252 g/mol. The Bertz CT molecular complexity index is 548. The summed E-state index contributed by atoms with van der Waals surface area (Å²) in [6.07, 6.45) is 2.57. The molecule has 0 saturated carbocycles. The maximum absolute atomic E-state index is 4.45. The number of nitrogens with one attached hydrogen (secondary N) is 2. The average molecular weight is 274 g/mol. The molecule has 6 nitrogen and oxygen atoms in total. The van der Waals surface area contributed by atoms with Crippen LogP contribution in [-0.4, -0.2) is 32.8 Å². The minimum atomic E-state index is 0.851. The van der Waals surface area contributed by atoms with Gasteiger partial charge in [0.15, 0.2) is 0 Å². The predicted octanol–water partition coefficient (Wildman–Crippen LogP) is 2.22. The van der Waals surface area contributed by atoms with Crippen LogP contribution >= 0.6 is 0 Å². The van der Waals surface area contributed by atoms with Crippen molar-refractivity contribution in [2.75, 3.05) is 23.7 Å². The molecule has 2 aromatic heterocycles. The van der Waals surface area contributed by atoms with Crippen LogP contribution in [0.2, 0.25) is 0 Å². The molecule has 0 saturated heterocycles. The second-order valence-electron chi connectivity index (χ2n) is 4.75. The van der Waals surface area contributed by atoms with Crippen LogP contribution < -0.4 is 10.6 Å². The first-order valence-electron chi connectivity index (χ1n) is 7.00. The number of anilines is 2. The van der Waals surface area contributed by atoms with E-state index in [0.29, 0.717) is 0 Å². The second-order valence-corrected chi connectivity index (χ2v) is 4.75. The summed E-state index contributed by atoms with van der Waals surface area (Å²) in [5, 5.41) is 10.9. The first kappa shape index (κ1) is 14.3. The third-order valence-electron chi connectivity index (χ3n) is 2.98. The van der Waals surface area contributed by atoms with E-state index in [2.05, 4.69) is 38.7 Å². The fourth-order valence-corrected chi connectivity index (χ4v) is 2.08. The molecule has 0 atom stereocenters. The van der Waals surface area contributed by atoms with E-state index in [1.807, 2.05) is 24.6 Å². The minimum Gasteiger partial charge on any atom is -0.370 e. The molecular formula is C14H22N6. The van der Waals surface area contributed by atoms with Crippen LogP contribution in [0.1, 0.15) is 24.7 Å². The zero-order chi connectivity index (χ0) is 14.4. The summed E-state index contributed by atoms with van der Waals surface area (Å²) < 4.78 is 2.04. The first-order valence-corrected chi connectivity index (χ1v) is 7.00. The van der Waals surface area contributed by atoms with Gasteiger partial charge in [-0.3, -0.25) is 4.68 Å². The van der Waals surface area contributed by atoms with Gasteiger partial charge in [0, 0.05) is 31.4 Å². The van der Waals surface area contributed by atoms with Gasteiger partial charge in [-0.05, 0) is 33.3 Å². The van der Waals surface area contributed by atoms with Crippen molar-refractivity contribution in [2.45, 2.75) is 33.7 Å². The molecule has 108 valence electrons. The summed E-state index contributed by atoms with van der Waals surface area (Å²) >= 11 is 0. The monoisotopic (exact) mass is 274 g/mol. The smallest absolute Gasteiger partial charge is 0.131 e. The lowest BCUT2D eigenvalue weighted by molar-refractivity contribution is 0.573. The Morgan fingerprint density at radius 2 is 1.85 bits per heavy atom.